The highest BCUT2D eigenvalue weighted by atomic mass is 32.2. The van der Waals surface area contributed by atoms with E-state index in [1.807, 2.05) is 19.1 Å². The first-order valence-electron chi connectivity index (χ1n) is 13.3. The van der Waals surface area contributed by atoms with E-state index in [-0.39, 0.29) is 17.5 Å². The number of aliphatic carboxylic acids is 1. The molecule has 2 heterocycles. The van der Waals surface area contributed by atoms with Gasteiger partial charge in [0.2, 0.25) is 5.85 Å². The van der Waals surface area contributed by atoms with Crippen molar-refractivity contribution in [2.24, 2.45) is 0 Å². The van der Waals surface area contributed by atoms with Crippen molar-refractivity contribution in [2.75, 3.05) is 34.2 Å². The number of nitrogen functional groups attached to an aromatic ring is 1. The van der Waals surface area contributed by atoms with Crippen LogP contribution in [0.1, 0.15) is 31.4 Å². The minimum Gasteiger partial charge on any atom is -0.481 e. The number of nitrogens with two attached hydrogens (primary N) is 1. The number of carboxylic acid groups (broad SMARTS) is 1. The molecule has 41 heavy (non-hydrogen) atoms. The van der Waals surface area contributed by atoms with Gasteiger partial charge in [-0.25, -0.2) is 8.42 Å². The van der Waals surface area contributed by atoms with E-state index in [1.54, 1.807) is 48.5 Å². The summed E-state index contributed by atoms with van der Waals surface area (Å²) in [6.07, 6.45) is -0.0799. The van der Waals surface area contributed by atoms with Crippen LogP contribution in [-0.2, 0) is 24.3 Å². The highest BCUT2D eigenvalue weighted by Gasteiger charge is 2.44. The number of hydrogen-bond acceptors (Lipinski definition) is 10. The van der Waals surface area contributed by atoms with Gasteiger partial charge in [-0.2, -0.15) is 0 Å². The average Bonchev–Trinajstić information content (AvgIpc) is 3.86. The monoisotopic (exact) mass is 582 g/mol. The van der Waals surface area contributed by atoms with Crippen molar-refractivity contribution in [1.29, 1.82) is 0 Å². The minimum atomic E-state index is -3.94. The van der Waals surface area contributed by atoms with Gasteiger partial charge in [-0.1, -0.05) is 25.1 Å². The van der Waals surface area contributed by atoms with Crippen LogP contribution in [0.5, 0.6) is 0 Å². The normalized spacial score (nSPS) is 22.0. The minimum absolute atomic E-state index is 0.0716. The van der Waals surface area contributed by atoms with Gasteiger partial charge in [0.05, 0.1) is 11.3 Å². The van der Waals surface area contributed by atoms with Crippen molar-refractivity contribution in [2.45, 2.75) is 49.0 Å². The molecule has 4 atom stereocenters. The van der Waals surface area contributed by atoms with Crippen LogP contribution in [0.4, 0.5) is 22.7 Å². The van der Waals surface area contributed by atoms with Crippen molar-refractivity contribution in [1.82, 2.24) is 10.6 Å². The summed E-state index contributed by atoms with van der Waals surface area (Å²) in [5.41, 5.74) is 8.68. The van der Waals surface area contributed by atoms with Gasteiger partial charge in [0.15, 0.2) is 12.5 Å². The topological polar surface area (TPSA) is 183 Å². The van der Waals surface area contributed by atoms with Crippen LogP contribution in [0, 0.1) is 0 Å². The Morgan fingerprint density at radius 2 is 1.78 bits per heavy atom. The molecule has 8 N–H and O–H groups in total. The van der Waals surface area contributed by atoms with E-state index in [1.165, 1.54) is 12.1 Å². The number of sulfonamides is 1. The molecule has 2 saturated heterocycles. The highest BCUT2D eigenvalue weighted by Crippen LogP contribution is 2.30. The lowest BCUT2D eigenvalue weighted by atomic mass is 10.0. The van der Waals surface area contributed by atoms with E-state index < -0.39 is 34.1 Å². The fourth-order valence-electron chi connectivity index (χ4n) is 4.36. The highest BCUT2D eigenvalue weighted by molar-refractivity contribution is 7.92. The molecular weight excluding hydrogens is 548 g/mol. The summed E-state index contributed by atoms with van der Waals surface area (Å²) in [6, 6.07) is 19.7. The number of epoxide rings is 2. The molecule has 0 bridgehead atoms. The zero-order valence-corrected chi connectivity index (χ0v) is 23.3. The Labute approximate surface area is 238 Å². The first-order chi connectivity index (χ1) is 19.6. The zero-order valence-electron chi connectivity index (χ0n) is 22.5. The molecule has 12 nitrogen and oxygen atoms in total. The van der Waals surface area contributed by atoms with Crippen LogP contribution in [0.2, 0.25) is 0 Å². The smallest absolute Gasteiger partial charge is 0.305 e. The lowest BCUT2D eigenvalue weighted by molar-refractivity contribution is -0.137. The molecular formula is C28H34N6O6S. The van der Waals surface area contributed by atoms with Crippen LogP contribution < -0.4 is 31.7 Å². The maximum Gasteiger partial charge on any atom is 0.305 e. The SMILES string of the molecule is CCCNC1(Nc2cccc(S(=O)(=O)Nc3cccc(C(CC(=O)O)NC4OC4Nc4ccc(N)cc4)c3)c2)CO1. The summed E-state index contributed by atoms with van der Waals surface area (Å²) in [4.78, 5) is 11.7. The molecule has 13 heteroatoms. The van der Waals surface area contributed by atoms with Crippen molar-refractivity contribution in [3.8, 4) is 0 Å². The van der Waals surface area contributed by atoms with Gasteiger partial charge >= 0.3 is 5.97 Å². The Balaban J connectivity index is 1.25. The predicted octanol–water partition coefficient (Wildman–Crippen LogP) is 3.07. The van der Waals surface area contributed by atoms with Crippen LogP contribution >= 0.6 is 0 Å². The molecule has 4 unspecified atom stereocenters. The number of hydrogen-bond donors (Lipinski definition) is 7. The second kappa shape index (κ2) is 11.9. The van der Waals surface area contributed by atoms with E-state index in [0.717, 1.165) is 18.7 Å². The summed E-state index contributed by atoms with van der Waals surface area (Å²) in [6.45, 7) is 3.28. The van der Waals surface area contributed by atoms with Gasteiger partial charge in [0.25, 0.3) is 10.0 Å². The third-order valence-corrected chi connectivity index (χ3v) is 7.96. The van der Waals surface area contributed by atoms with Crippen LogP contribution in [0.15, 0.2) is 77.7 Å². The number of nitrogens with one attached hydrogen (secondary N) is 5. The van der Waals surface area contributed by atoms with Crippen molar-refractivity contribution in [3.05, 3.63) is 78.4 Å². The molecule has 3 aromatic carbocycles. The maximum absolute atomic E-state index is 13.3. The number of carbonyl (C=O) groups is 1. The second-order valence-electron chi connectivity index (χ2n) is 9.99. The Hall–Kier alpha value is -3.88. The molecule has 0 saturated carbocycles. The van der Waals surface area contributed by atoms with Crippen LogP contribution in [0.25, 0.3) is 0 Å². The van der Waals surface area contributed by atoms with E-state index in [4.69, 9.17) is 15.2 Å². The molecule has 0 radical (unpaired) electrons. The fourth-order valence-corrected chi connectivity index (χ4v) is 5.46. The Bertz CT molecular complexity index is 1480. The average molecular weight is 583 g/mol. The summed E-state index contributed by atoms with van der Waals surface area (Å²) >= 11 is 0. The Kier molecular flexibility index (Phi) is 8.33. The lowest BCUT2D eigenvalue weighted by Crippen LogP contribution is -2.40. The van der Waals surface area contributed by atoms with Crippen molar-refractivity contribution in [3.63, 3.8) is 0 Å². The molecule has 0 spiro atoms. The molecule has 0 aromatic heterocycles. The fraction of sp³-hybridized carbons (Fsp3) is 0.321. The Morgan fingerprint density at radius 3 is 2.49 bits per heavy atom. The number of carboxylic acids is 1. The number of rotatable bonds is 15. The second-order valence-corrected chi connectivity index (χ2v) is 11.7. The third kappa shape index (κ3) is 7.65. The number of ether oxygens (including phenoxy) is 2. The van der Waals surface area contributed by atoms with Crippen LogP contribution in [-0.4, -0.2) is 50.9 Å². The predicted molar refractivity (Wildman–Crippen MR) is 156 cm³/mol. The van der Waals surface area contributed by atoms with E-state index in [2.05, 4.69) is 26.0 Å². The zero-order chi connectivity index (χ0) is 29.0. The molecule has 5 rings (SSSR count). The van der Waals surface area contributed by atoms with Crippen LogP contribution in [0.3, 0.4) is 0 Å². The summed E-state index contributed by atoms with van der Waals surface area (Å²) < 4.78 is 40.3. The first-order valence-corrected chi connectivity index (χ1v) is 14.8. The van der Waals surface area contributed by atoms with Gasteiger partial charge in [-0.3, -0.25) is 20.2 Å². The van der Waals surface area contributed by atoms with Gasteiger partial charge in [-0.05, 0) is 73.1 Å². The molecule has 0 amide bonds. The lowest BCUT2D eigenvalue weighted by Gasteiger charge is -2.18. The first kappa shape index (κ1) is 28.6. The Morgan fingerprint density at radius 1 is 1.05 bits per heavy atom. The summed E-state index contributed by atoms with van der Waals surface area (Å²) in [7, 11) is -3.94. The van der Waals surface area contributed by atoms with Gasteiger partial charge in [-0.15, -0.1) is 0 Å². The van der Waals surface area contributed by atoms with Gasteiger partial charge in [0, 0.05) is 28.8 Å². The van der Waals surface area contributed by atoms with E-state index in [0.29, 0.717) is 29.2 Å². The van der Waals surface area contributed by atoms with Crippen molar-refractivity contribution < 1.29 is 27.8 Å². The third-order valence-electron chi connectivity index (χ3n) is 6.58. The van der Waals surface area contributed by atoms with Gasteiger partial charge in [0.1, 0.15) is 6.61 Å². The molecule has 0 aliphatic carbocycles. The molecule has 3 aromatic rings. The van der Waals surface area contributed by atoms with E-state index >= 15 is 0 Å². The standard InChI is InChI=1S/C28H34N6O6S/c1-2-13-30-28(17-39-28)33-21-6-4-8-23(15-21)41(37,38)34-22-7-3-5-18(14-22)24(16-25(35)36)32-27-26(40-27)31-20-11-9-19(29)10-12-20/h3-12,14-15,24,26-27,30-34H,2,13,16-17,29H2,1H3,(H,35,36). The van der Waals surface area contributed by atoms with Gasteiger partial charge < -0.3 is 30.9 Å². The molecule has 218 valence electrons. The summed E-state index contributed by atoms with van der Waals surface area (Å²) in [5, 5.41) is 22.4. The quantitative estimate of drug-likeness (QED) is 0.0794. The maximum atomic E-state index is 13.3. The molecule has 2 aliphatic heterocycles. The number of benzene rings is 3. The number of anilines is 4. The van der Waals surface area contributed by atoms with Crippen molar-refractivity contribution >= 4 is 38.7 Å². The molecule has 2 fully saturated rings. The largest absolute Gasteiger partial charge is 0.481 e. The van der Waals surface area contributed by atoms with E-state index in [9.17, 15) is 18.3 Å². The summed E-state index contributed by atoms with van der Waals surface area (Å²) in [5.74, 6) is -1.69. The molecule has 2 aliphatic rings.